The Bertz CT molecular complexity index is 153. The Morgan fingerprint density at radius 2 is 1.77 bits per heavy atom. The van der Waals surface area contributed by atoms with Crippen LogP contribution < -0.4 is 0 Å². The molecule has 0 spiro atoms. The normalized spacial score (nSPS) is 34.4. The lowest BCUT2D eigenvalue weighted by molar-refractivity contribution is -0.0343. The molecule has 1 aliphatic carbocycles. The Morgan fingerprint density at radius 1 is 1.08 bits per heavy atom. The summed E-state index contributed by atoms with van der Waals surface area (Å²) in [6, 6.07) is 0. The summed E-state index contributed by atoms with van der Waals surface area (Å²) in [5.74, 6) is 0.422. The summed E-state index contributed by atoms with van der Waals surface area (Å²) in [4.78, 5) is 0. The van der Waals surface area contributed by atoms with Crippen LogP contribution in [0.3, 0.4) is 0 Å². The van der Waals surface area contributed by atoms with E-state index in [9.17, 15) is 5.11 Å². The van der Waals surface area contributed by atoms with Crippen LogP contribution in [0.25, 0.3) is 0 Å². The third-order valence-corrected chi connectivity index (χ3v) is 3.66. The lowest BCUT2D eigenvalue weighted by atomic mass is 9.81. The maximum absolute atomic E-state index is 10.5. The molecule has 0 aromatic carbocycles. The Labute approximate surface area is 80.3 Å². The highest BCUT2D eigenvalue weighted by Gasteiger charge is 2.38. The van der Waals surface area contributed by atoms with Crippen LogP contribution in [0, 0.1) is 5.92 Å². The molecule has 13 heavy (non-hydrogen) atoms. The van der Waals surface area contributed by atoms with Crippen LogP contribution in [0.1, 0.15) is 44.9 Å². The highest BCUT2D eigenvalue weighted by molar-refractivity contribution is 4.89. The largest absolute Gasteiger partial charge is 0.390 e. The van der Waals surface area contributed by atoms with Crippen molar-refractivity contribution in [2.45, 2.75) is 50.5 Å². The summed E-state index contributed by atoms with van der Waals surface area (Å²) >= 11 is 0. The van der Waals surface area contributed by atoms with Gasteiger partial charge in [-0.2, -0.15) is 0 Å². The number of hydrogen-bond acceptors (Lipinski definition) is 2. The minimum atomic E-state index is -0.382. The van der Waals surface area contributed by atoms with E-state index in [1.165, 1.54) is 25.7 Å². The lowest BCUT2D eigenvalue weighted by Gasteiger charge is -2.32. The van der Waals surface area contributed by atoms with Gasteiger partial charge in [0.25, 0.3) is 0 Å². The summed E-state index contributed by atoms with van der Waals surface area (Å²) in [6.07, 6.45) is 8.07. The molecule has 2 nitrogen and oxygen atoms in total. The summed E-state index contributed by atoms with van der Waals surface area (Å²) in [7, 11) is 0. The average Bonchev–Trinajstić information content (AvgIpc) is 2.57. The van der Waals surface area contributed by atoms with E-state index >= 15 is 0 Å². The predicted octanol–water partition coefficient (Wildman–Crippen LogP) is 2.11. The van der Waals surface area contributed by atoms with Crippen molar-refractivity contribution in [1.29, 1.82) is 0 Å². The van der Waals surface area contributed by atoms with Crippen LogP contribution in [0.2, 0.25) is 0 Å². The summed E-state index contributed by atoms with van der Waals surface area (Å²) in [5.41, 5.74) is -0.382. The van der Waals surface area contributed by atoms with E-state index in [4.69, 9.17) is 4.74 Å². The maximum Gasteiger partial charge on any atom is 0.0698 e. The minimum Gasteiger partial charge on any atom is -0.390 e. The predicted molar refractivity (Wildman–Crippen MR) is 51.6 cm³/mol. The van der Waals surface area contributed by atoms with Crippen molar-refractivity contribution in [2.24, 2.45) is 5.92 Å². The zero-order valence-corrected chi connectivity index (χ0v) is 8.30. The zero-order chi connectivity index (χ0) is 9.15. The van der Waals surface area contributed by atoms with Gasteiger partial charge in [-0.1, -0.05) is 25.7 Å². The fraction of sp³-hybridized carbons (Fsp3) is 1.00. The van der Waals surface area contributed by atoms with Gasteiger partial charge in [0, 0.05) is 12.5 Å². The molecule has 0 bridgehead atoms. The van der Waals surface area contributed by atoms with Crippen LogP contribution in [-0.2, 0) is 4.74 Å². The molecule has 1 saturated heterocycles. The molecular weight excluding hydrogens is 164 g/mol. The molecule has 1 saturated carbocycles. The van der Waals surface area contributed by atoms with Crippen molar-refractivity contribution >= 4 is 0 Å². The highest BCUT2D eigenvalue weighted by Crippen LogP contribution is 2.37. The first-order valence-corrected chi connectivity index (χ1v) is 5.61. The number of rotatable bonds is 1. The summed E-state index contributed by atoms with van der Waals surface area (Å²) in [6.45, 7) is 1.64. The second kappa shape index (κ2) is 3.97. The number of ether oxygens (including phenoxy) is 1. The summed E-state index contributed by atoms with van der Waals surface area (Å²) in [5, 5.41) is 10.5. The van der Waals surface area contributed by atoms with Gasteiger partial charge >= 0.3 is 0 Å². The van der Waals surface area contributed by atoms with Crippen molar-refractivity contribution in [2.75, 3.05) is 13.2 Å². The van der Waals surface area contributed by atoms with Gasteiger partial charge in [0.2, 0.25) is 0 Å². The molecule has 1 atom stereocenters. The molecule has 76 valence electrons. The minimum absolute atomic E-state index is 0.382. The monoisotopic (exact) mass is 184 g/mol. The standard InChI is InChI=1S/C11H20O2/c12-11(10-5-8-13-9-10)6-3-1-2-4-7-11/h10,12H,1-9H2. The molecule has 1 N–H and O–H groups in total. The van der Waals surface area contributed by atoms with Crippen LogP contribution in [0.5, 0.6) is 0 Å². The molecule has 0 amide bonds. The molecule has 2 aliphatic rings. The Morgan fingerprint density at radius 3 is 2.31 bits per heavy atom. The molecule has 1 aliphatic heterocycles. The lowest BCUT2D eigenvalue weighted by Crippen LogP contribution is -2.37. The smallest absolute Gasteiger partial charge is 0.0698 e. The van der Waals surface area contributed by atoms with E-state index in [0.717, 1.165) is 32.5 Å². The Hall–Kier alpha value is -0.0800. The van der Waals surface area contributed by atoms with Crippen LogP contribution in [0.4, 0.5) is 0 Å². The van der Waals surface area contributed by atoms with E-state index in [2.05, 4.69) is 0 Å². The second-order valence-corrected chi connectivity index (χ2v) is 4.58. The van der Waals surface area contributed by atoms with Crippen LogP contribution in [-0.4, -0.2) is 23.9 Å². The Balaban J connectivity index is 1.98. The number of hydrogen-bond donors (Lipinski definition) is 1. The van der Waals surface area contributed by atoms with Gasteiger partial charge in [0.1, 0.15) is 0 Å². The second-order valence-electron chi connectivity index (χ2n) is 4.58. The highest BCUT2D eigenvalue weighted by atomic mass is 16.5. The quantitative estimate of drug-likeness (QED) is 0.632. The Kier molecular flexibility index (Phi) is 2.89. The first-order chi connectivity index (χ1) is 6.31. The molecule has 1 unspecified atom stereocenters. The van der Waals surface area contributed by atoms with Crippen LogP contribution >= 0.6 is 0 Å². The average molecular weight is 184 g/mol. The van der Waals surface area contributed by atoms with E-state index < -0.39 is 0 Å². The maximum atomic E-state index is 10.5. The van der Waals surface area contributed by atoms with E-state index in [0.29, 0.717) is 5.92 Å². The topological polar surface area (TPSA) is 29.5 Å². The van der Waals surface area contributed by atoms with Gasteiger partial charge in [-0.05, 0) is 19.3 Å². The first-order valence-electron chi connectivity index (χ1n) is 5.61. The van der Waals surface area contributed by atoms with Crippen molar-refractivity contribution < 1.29 is 9.84 Å². The number of aliphatic hydroxyl groups is 1. The van der Waals surface area contributed by atoms with Gasteiger partial charge in [-0.15, -0.1) is 0 Å². The molecule has 2 heteroatoms. The van der Waals surface area contributed by atoms with Gasteiger partial charge in [0.05, 0.1) is 12.2 Å². The van der Waals surface area contributed by atoms with Crippen molar-refractivity contribution in [3.8, 4) is 0 Å². The SMILES string of the molecule is OC1(C2CCOC2)CCCCCC1. The van der Waals surface area contributed by atoms with E-state index in [1.54, 1.807) is 0 Å². The molecule has 0 aromatic heterocycles. The third kappa shape index (κ3) is 2.05. The van der Waals surface area contributed by atoms with Crippen molar-refractivity contribution in [3.63, 3.8) is 0 Å². The molecule has 0 aromatic rings. The molecule has 2 rings (SSSR count). The van der Waals surface area contributed by atoms with Gasteiger partial charge in [-0.3, -0.25) is 0 Å². The van der Waals surface area contributed by atoms with E-state index in [-0.39, 0.29) is 5.60 Å². The summed E-state index contributed by atoms with van der Waals surface area (Å²) < 4.78 is 5.36. The van der Waals surface area contributed by atoms with Gasteiger partial charge < -0.3 is 9.84 Å². The van der Waals surface area contributed by atoms with E-state index in [1.807, 2.05) is 0 Å². The molecular formula is C11H20O2. The zero-order valence-electron chi connectivity index (χ0n) is 8.30. The van der Waals surface area contributed by atoms with Gasteiger partial charge in [-0.25, -0.2) is 0 Å². The molecule has 1 heterocycles. The fourth-order valence-electron chi connectivity index (χ4n) is 2.71. The van der Waals surface area contributed by atoms with Crippen molar-refractivity contribution in [1.82, 2.24) is 0 Å². The molecule has 2 fully saturated rings. The third-order valence-electron chi connectivity index (χ3n) is 3.66. The first kappa shape index (κ1) is 9.47. The van der Waals surface area contributed by atoms with Crippen molar-refractivity contribution in [3.05, 3.63) is 0 Å². The molecule has 0 radical (unpaired) electrons. The fourth-order valence-corrected chi connectivity index (χ4v) is 2.71. The van der Waals surface area contributed by atoms with Crippen LogP contribution in [0.15, 0.2) is 0 Å². The van der Waals surface area contributed by atoms with Gasteiger partial charge in [0.15, 0.2) is 0 Å².